The molecular formula is C16H19ClN2O3. The molecule has 0 aliphatic rings. The number of nitrogens with two attached hydrogens (primary N) is 1. The smallest absolute Gasteiger partial charge is 0.255 e. The van der Waals surface area contributed by atoms with Crippen molar-refractivity contribution in [1.29, 1.82) is 0 Å². The van der Waals surface area contributed by atoms with Crippen LogP contribution < -0.4 is 20.5 Å². The van der Waals surface area contributed by atoms with Crippen LogP contribution in [-0.2, 0) is 0 Å². The van der Waals surface area contributed by atoms with Gasteiger partial charge in [-0.15, -0.1) is 12.4 Å². The topological polar surface area (TPSA) is 73.6 Å². The Hall–Kier alpha value is -2.24. The van der Waals surface area contributed by atoms with Gasteiger partial charge in [0, 0.05) is 19.2 Å². The molecule has 0 heterocycles. The molecule has 1 amide bonds. The summed E-state index contributed by atoms with van der Waals surface area (Å²) in [6, 6.07) is 14.5. The summed E-state index contributed by atoms with van der Waals surface area (Å²) in [7, 11) is 1.52. The Morgan fingerprint density at radius 3 is 2.50 bits per heavy atom. The molecule has 0 aliphatic carbocycles. The van der Waals surface area contributed by atoms with Crippen molar-refractivity contribution in [2.75, 3.05) is 20.2 Å². The number of ether oxygens (including phenoxy) is 2. The van der Waals surface area contributed by atoms with Crippen molar-refractivity contribution < 1.29 is 14.3 Å². The van der Waals surface area contributed by atoms with Crippen LogP contribution in [0.3, 0.4) is 0 Å². The zero-order chi connectivity index (χ0) is 15.1. The molecule has 0 atom stereocenters. The van der Waals surface area contributed by atoms with E-state index in [9.17, 15) is 4.79 Å². The second-order valence-corrected chi connectivity index (χ2v) is 4.32. The van der Waals surface area contributed by atoms with E-state index < -0.39 is 0 Å². The molecule has 0 spiro atoms. The average molecular weight is 323 g/mol. The Morgan fingerprint density at radius 1 is 1.14 bits per heavy atom. The van der Waals surface area contributed by atoms with Crippen LogP contribution in [0.4, 0.5) is 0 Å². The monoisotopic (exact) mass is 322 g/mol. The van der Waals surface area contributed by atoms with E-state index in [-0.39, 0.29) is 18.3 Å². The lowest BCUT2D eigenvalue weighted by atomic mass is 10.1. The number of hydrogen-bond acceptors (Lipinski definition) is 4. The number of benzene rings is 2. The van der Waals surface area contributed by atoms with Crippen molar-refractivity contribution in [1.82, 2.24) is 5.32 Å². The van der Waals surface area contributed by atoms with Crippen LogP contribution in [0.5, 0.6) is 17.2 Å². The molecular weight excluding hydrogens is 304 g/mol. The number of carbonyl (C=O) groups excluding carboxylic acids is 1. The van der Waals surface area contributed by atoms with Gasteiger partial charge in [-0.3, -0.25) is 4.79 Å². The quantitative estimate of drug-likeness (QED) is 0.857. The third-order valence-corrected chi connectivity index (χ3v) is 2.83. The van der Waals surface area contributed by atoms with Crippen molar-refractivity contribution in [3.8, 4) is 17.2 Å². The standard InChI is InChI=1S/C16H18N2O3.ClH/c1-20-15-11-13(21-12-5-3-2-4-6-12)7-8-14(15)16(19)18-10-9-17;/h2-8,11H,9-10,17H2,1H3,(H,18,19);1H. The number of nitrogens with one attached hydrogen (secondary N) is 1. The summed E-state index contributed by atoms with van der Waals surface area (Å²) in [5, 5.41) is 2.71. The highest BCUT2D eigenvalue weighted by molar-refractivity contribution is 5.97. The van der Waals surface area contributed by atoms with Gasteiger partial charge in [-0.25, -0.2) is 0 Å². The molecule has 0 aromatic heterocycles. The summed E-state index contributed by atoms with van der Waals surface area (Å²) < 4.78 is 11.0. The lowest BCUT2D eigenvalue weighted by Gasteiger charge is -2.11. The predicted molar refractivity (Wildman–Crippen MR) is 88.1 cm³/mol. The molecule has 0 saturated carbocycles. The first-order valence-corrected chi connectivity index (χ1v) is 6.64. The first kappa shape index (κ1) is 17.8. The largest absolute Gasteiger partial charge is 0.496 e. The van der Waals surface area contributed by atoms with Crippen LogP contribution in [0.25, 0.3) is 0 Å². The van der Waals surface area contributed by atoms with Gasteiger partial charge in [-0.2, -0.15) is 0 Å². The van der Waals surface area contributed by atoms with Crippen molar-refractivity contribution in [3.63, 3.8) is 0 Å². The van der Waals surface area contributed by atoms with Gasteiger partial charge >= 0.3 is 0 Å². The fraction of sp³-hybridized carbons (Fsp3) is 0.188. The summed E-state index contributed by atoms with van der Waals surface area (Å²) in [4.78, 5) is 12.0. The van der Waals surface area contributed by atoms with E-state index in [1.54, 1.807) is 18.2 Å². The Bertz CT molecular complexity index is 606. The summed E-state index contributed by atoms with van der Waals surface area (Å²) in [6.45, 7) is 0.813. The number of para-hydroxylation sites is 1. The summed E-state index contributed by atoms with van der Waals surface area (Å²) in [6.07, 6.45) is 0. The minimum atomic E-state index is -0.219. The van der Waals surface area contributed by atoms with Crippen molar-refractivity contribution in [2.45, 2.75) is 0 Å². The Morgan fingerprint density at radius 2 is 1.86 bits per heavy atom. The predicted octanol–water partition coefficient (Wildman–Crippen LogP) is 2.60. The van der Waals surface area contributed by atoms with E-state index in [4.69, 9.17) is 15.2 Å². The lowest BCUT2D eigenvalue weighted by molar-refractivity contribution is 0.0951. The van der Waals surface area contributed by atoms with Crippen molar-refractivity contribution in [2.24, 2.45) is 5.73 Å². The molecule has 3 N–H and O–H groups in total. The molecule has 2 aromatic carbocycles. The normalized spacial score (nSPS) is 9.55. The Kier molecular flexibility index (Phi) is 7.22. The molecule has 118 valence electrons. The van der Waals surface area contributed by atoms with E-state index in [1.807, 2.05) is 30.3 Å². The molecule has 2 rings (SSSR count). The highest BCUT2D eigenvalue weighted by Gasteiger charge is 2.13. The molecule has 5 nitrogen and oxygen atoms in total. The van der Waals surface area contributed by atoms with Gasteiger partial charge in [-0.1, -0.05) is 18.2 Å². The Labute approximate surface area is 135 Å². The summed E-state index contributed by atoms with van der Waals surface area (Å²) in [5.41, 5.74) is 5.82. The minimum Gasteiger partial charge on any atom is -0.496 e. The summed E-state index contributed by atoms with van der Waals surface area (Å²) >= 11 is 0. The highest BCUT2D eigenvalue weighted by Crippen LogP contribution is 2.28. The van der Waals surface area contributed by atoms with Crippen molar-refractivity contribution >= 4 is 18.3 Å². The molecule has 0 aliphatic heterocycles. The van der Waals surface area contributed by atoms with Gasteiger partial charge in [0.05, 0.1) is 12.7 Å². The number of halogens is 1. The molecule has 2 aromatic rings. The van der Waals surface area contributed by atoms with Crippen LogP contribution in [-0.4, -0.2) is 26.1 Å². The first-order valence-electron chi connectivity index (χ1n) is 6.64. The number of carbonyl (C=O) groups is 1. The third-order valence-electron chi connectivity index (χ3n) is 2.83. The zero-order valence-electron chi connectivity index (χ0n) is 12.2. The van der Waals surface area contributed by atoms with E-state index in [1.165, 1.54) is 7.11 Å². The van der Waals surface area contributed by atoms with Gasteiger partial charge in [0.1, 0.15) is 17.2 Å². The SMILES string of the molecule is COc1cc(Oc2ccccc2)ccc1C(=O)NCCN.Cl. The Balaban J connectivity index is 0.00000242. The average Bonchev–Trinajstić information content (AvgIpc) is 2.53. The lowest BCUT2D eigenvalue weighted by Crippen LogP contribution is -2.29. The maximum Gasteiger partial charge on any atom is 0.255 e. The number of rotatable bonds is 6. The van der Waals surface area contributed by atoms with E-state index in [0.29, 0.717) is 30.2 Å². The molecule has 0 saturated heterocycles. The van der Waals surface area contributed by atoms with Crippen molar-refractivity contribution in [3.05, 3.63) is 54.1 Å². The molecule has 22 heavy (non-hydrogen) atoms. The van der Waals surface area contributed by atoms with Crippen LogP contribution in [0.2, 0.25) is 0 Å². The fourth-order valence-corrected chi connectivity index (χ4v) is 1.83. The van der Waals surface area contributed by atoms with E-state index in [2.05, 4.69) is 5.32 Å². The maximum atomic E-state index is 12.0. The van der Waals surface area contributed by atoms with Crippen LogP contribution in [0, 0.1) is 0 Å². The molecule has 0 bridgehead atoms. The van der Waals surface area contributed by atoms with Crippen LogP contribution in [0.15, 0.2) is 48.5 Å². The molecule has 0 unspecified atom stereocenters. The number of hydrogen-bond donors (Lipinski definition) is 2. The number of methoxy groups -OCH3 is 1. The van der Waals surface area contributed by atoms with Crippen LogP contribution in [0.1, 0.15) is 10.4 Å². The minimum absolute atomic E-state index is 0. The molecule has 0 fully saturated rings. The fourth-order valence-electron chi connectivity index (χ4n) is 1.83. The van der Waals surface area contributed by atoms with Crippen LogP contribution >= 0.6 is 12.4 Å². The highest BCUT2D eigenvalue weighted by atomic mass is 35.5. The number of amides is 1. The molecule has 0 radical (unpaired) electrons. The maximum absolute atomic E-state index is 12.0. The first-order chi connectivity index (χ1) is 10.2. The van der Waals surface area contributed by atoms with E-state index in [0.717, 1.165) is 5.75 Å². The second kappa shape index (κ2) is 8.92. The third kappa shape index (κ3) is 4.65. The van der Waals surface area contributed by atoms with Gasteiger partial charge in [0.25, 0.3) is 5.91 Å². The van der Waals surface area contributed by atoms with E-state index >= 15 is 0 Å². The van der Waals surface area contributed by atoms with Gasteiger partial charge in [0.15, 0.2) is 0 Å². The van der Waals surface area contributed by atoms with Gasteiger partial charge < -0.3 is 20.5 Å². The summed E-state index contributed by atoms with van der Waals surface area (Å²) in [5.74, 6) is 1.56. The van der Waals surface area contributed by atoms with Gasteiger partial charge in [0.2, 0.25) is 0 Å². The van der Waals surface area contributed by atoms with Gasteiger partial charge in [-0.05, 0) is 24.3 Å². The molecule has 6 heteroatoms. The zero-order valence-corrected chi connectivity index (χ0v) is 13.1. The second-order valence-electron chi connectivity index (χ2n) is 4.32.